The van der Waals surface area contributed by atoms with Crippen LogP contribution in [0.2, 0.25) is 0 Å². The molecule has 0 aliphatic heterocycles. The van der Waals surface area contributed by atoms with Crippen molar-refractivity contribution in [3.8, 4) is 0 Å². The summed E-state index contributed by atoms with van der Waals surface area (Å²) in [6.45, 7) is 6.04. The molecule has 0 aromatic heterocycles. The summed E-state index contributed by atoms with van der Waals surface area (Å²) in [4.78, 5) is 12.0. The van der Waals surface area contributed by atoms with Crippen LogP contribution >= 0.6 is 0 Å². The first-order chi connectivity index (χ1) is 8.04. The summed E-state index contributed by atoms with van der Waals surface area (Å²) in [5, 5.41) is 11.7. The van der Waals surface area contributed by atoms with Gasteiger partial charge < -0.3 is 10.4 Å². The largest absolute Gasteiger partial charge is 0.396 e. The standard InChI is InChI=1S/C14H21NO2/c1-10-6-7-11(2)13(9-10)14(17)15-12(3)5-4-8-16/h6-7,9,12,16H,4-5,8H2,1-3H3,(H,15,17). The predicted molar refractivity (Wildman–Crippen MR) is 69.2 cm³/mol. The normalized spacial score (nSPS) is 12.2. The molecule has 0 saturated heterocycles. The maximum atomic E-state index is 12.0. The lowest BCUT2D eigenvalue weighted by Gasteiger charge is -2.14. The maximum Gasteiger partial charge on any atom is 0.251 e. The number of hydrogen-bond acceptors (Lipinski definition) is 2. The number of carbonyl (C=O) groups is 1. The fraction of sp³-hybridized carbons (Fsp3) is 0.500. The van der Waals surface area contributed by atoms with E-state index in [1.165, 1.54) is 0 Å². The summed E-state index contributed by atoms with van der Waals surface area (Å²) in [6, 6.07) is 5.96. The number of amides is 1. The number of carbonyl (C=O) groups excluding carboxylic acids is 1. The van der Waals surface area contributed by atoms with Crippen LogP contribution in [0.3, 0.4) is 0 Å². The number of rotatable bonds is 5. The highest BCUT2D eigenvalue weighted by molar-refractivity contribution is 5.95. The Morgan fingerprint density at radius 3 is 2.76 bits per heavy atom. The molecule has 1 aromatic rings. The SMILES string of the molecule is Cc1ccc(C)c(C(=O)NC(C)CCCO)c1. The van der Waals surface area contributed by atoms with E-state index in [0.717, 1.165) is 23.1 Å². The first kappa shape index (κ1) is 13.7. The third kappa shape index (κ3) is 4.19. The molecular formula is C14H21NO2. The molecule has 2 N–H and O–H groups in total. The zero-order valence-corrected chi connectivity index (χ0v) is 10.8. The molecule has 0 bridgehead atoms. The number of aliphatic hydroxyl groups is 1. The van der Waals surface area contributed by atoms with Crippen molar-refractivity contribution in [2.45, 2.75) is 39.7 Å². The van der Waals surface area contributed by atoms with Crippen molar-refractivity contribution < 1.29 is 9.90 Å². The Bertz CT molecular complexity index is 388. The molecule has 0 radical (unpaired) electrons. The van der Waals surface area contributed by atoms with Crippen molar-refractivity contribution in [1.82, 2.24) is 5.32 Å². The average molecular weight is 235 g/mol. The molecule has 3 nitrogen and oxygen atoms in total. The van der Waals surface area contributed by atoms with E-state index < -0.39 is 0 Å². The van der Waals surface area contributed by atoms with Crippen LogP contribution in [0, 0.1) is 13.8 Å². The van der Waals surface area contributed by atoms with Crippen LogP contribution in [0.1, 0.15) is 41.3 Å². The van der Waals surface area contributed by atoms with Gasteiger partial charge in [-0.25, -0.2) is 0 Å². The zero-order valence-electron chi connectivity index (χ0n) is 10.8. The summed E-state index contributed by atoms with van der Waals surface area (Å²) >= 11 is 0. The molecular weight excluding hydrogens is 214 g/mol. The molecule has 0 aliphatic carbocycles. The topological polar surface area (TPSA) is 49.3 Å². The van der Waals surface area contributed by atoms with Gasteiger partial charge in [0.05, 0.1) is 0 Å². The molecule has 17 heavy (non-hydrogen) atoms. The molecule has 0 saturated carbocycles. The van der Waals surface area contributed by atoms with Crippen molar-refractivity contribution in [3.63, 3.8) is 0 Å². The molecule has 1 rings (SSSR count). The van der Waals surface area contributed by atoms with Gasteiger partial charge in [-0.1, -0.05) is 17.7 Å². The van der Waals surface area contributed by atoms with E-state index in [-0.39, 0.29) is 18.6 Å². The summed E-state index contributed by atoms with van der Waals surface area (Å²) in [5.41, 5.74) is 2.81. The van der Waals surface area contributed by atoms with E-state index in [1.807, 2.05) is 39.0 Å². The van der Waals surface area contributed by atoms with E-state index in [9.17, 15) is 4.79 Å². The van der Waals surface area contributed by atoms with Gasteiger partial charge in [0.25, 0.3) is 5.91 Å². The first-order valence-electron chi connectivity index (χ1n) is 6.03. The number of nitrogens with one attached hydrogen (secondary N) is 1. The second-order valence-corrected chi connectivity index (χ2v) is 4.56. The molecule has 1 aromatic carbocycles. The predicted octanol–water partition coefficient (Wildman–Crippen LogP) is 2.19. The van der Waals surface area contributed by atoms with Gasteiger partial charge in [0.15, 0.2) is 0 Å². The van der Waals surface area contributed by atoms with Gasteiger partial charge >= 0.3 is 0 Å². The Balaban J connectivity index is 2.66. The fourth-order valence-corrected chi connectivity index (χ4v) is 1.75. The Morgan fingerprint density at radius 2 is 2.12 bits per heavy atom. The van der Waals surface area contributed by atoms with Crippen LogP contribution in [0.25, 0.3) is 0 Å². The van der Waals surface area contributed by atoms with Crippen LogP contribution < -0.4 is 5.32 Å². The van der Waals surface area contributed by atoms with Gasteiger partial charge in [0.1, 0.15) is 0 Å². The molecule has 0 fully saturated rings. The summed E-state index contributed by atoms with van der Waals surface area (Å²) in [7, 11) is 0. The van der Waals surface area contributed by atoms with Gasteiger partial charge in [-0.3, -0.25) is 4.79 Å². The van der Waals surface area contributed by atoms with E-state index >= 15 is 0 Å². The highest BCUT2D eigenvalue weighted by Crippen LogP contribution is 2.11. The molecule has 0 spiro atoms. The Labute approximate surface area is 103 Å². The van der Waals surface area contributed by atoms with Crippen molar-refractivity contribution in [2.24, 2.45) is 0 Å². The minimum absolute atomic E-state index is 0.0309. The second kappa shape index (κ2) is 6.40. The number of benzene rings is 1. The Morgan fingerprint density at radius 1 is 1.41 bits per heavy atom. The first-order valence-corrected chi connectivity index (χ1v) is 6.03. The number of hydrogen-bond donors (Lipinski definition) is 2. The lowest BCUT2D eigenvalue weighted by atomic mass is 10.0. The smallest absolute Gasteiger partial charge is 0.251 e. The van der Waals surface area contributed by atoms with Gasteiger partial charge in [-0.2, -0.15) is 0 Å². The van der Waals surface area contributed by atoms with E-state index in [0.29, 0.717) is 6.42 Å². The maximum absolute atomic E-state index is 12.0. The van der Waals surface area contributed by atoms with Crippen LogP contribution in [0.5, 0.6) is 0 Å². The van der Waals surface area contributed by atoms with Crippen LogP contribution in [0.4, 0.5) is 0 Å². The quantitative estimate of drug-likeness (QED) is 0.822. The van der Waals surface area contributed by atoms with Crippen molar-refractivity contribution in [1.29, 1.82) is 0 Å². The minimum atomic E-state index is -0.0309. The molecule has 1 amide bonds. The van der Waals surface area contributed by atoms with Gasteiger partial charge in [0, 0.05) is 18.2 Å². The lowest BCUT2D eigenvalue weighted by molar-refractivity contribution is 0.0935. The highest BCUT2D eigenvalue weighted by atomic mass is 16.2. The van der Waals surface area contributed by atoms with E-state index in [1.54, 1.807) is 0 Å². The van der Waals surface area contributed by atoms with Crippen molar-refractivity contribution >= 4 is 5.91 Å². The molecule has 1 unspecified atom stereocenters. The average Bonchev–Trinajstić information content (AvgIpc) is 2.29. The van der Waals surface area contributed by atoms with E-state index in [2.05, 4.69) is 5.32 Å². The monoisotopic (exact) mass is 235 g/mol. The molecule has 94 valence electrons. The second-order valence-electron chi connectivity index (χ2n) is 4.56. The molecule has 0 aliphatic rings. The highest BCUT2D eigenvalue weighted by Gasteiger charge is 2.11. The number of aliphatic hydroxyl groups excluding tert-OH is 1. The zero-order chi connectivity index (χ0) is 12.8. The third-order valence-electron chi connectivity index (χ3n) is 2.81. The van der Waals surface area contributed by atoms with Crippen molar-refractivity contribution in [3.05, 3.63) is 34.9 Å². The van der Waals surface area contributed by atoms with Crippen LogP contribution in [0.15, 0.2) is 18.2 Å². The van der Waals surface area contributed by atoms with Crippen LogP contribution in [-0.4, -0.2) is 23.7 Å². The molecule has 0 heterocycles. The molecule has 1 atom stereocenters. The van der Waals surface area contributed by atoms with Gasteiger partial charge in [-0.15, -0.1) is 0 Å². The van der Waals surface area contributed by atoms with Crippen LogP contribution in [-0.2, 0) is 0 Å². The summed E-state index contributed by atoms with van der Waals surface area (Å²) in [5.74, 6) is -0.0309. The Kier molecular flexibility index (Phi) is 5.16. The van der Waals surface area contributed by atoms with Crippen molar-refractivity contribution in [2.75, 3.05) is 6.61 Å². The minimum Gasteiger partial charge on any atom is -0.396 e. The van der Waals surface area contributed by atoms with E-state index in [4.69, 9.17) is 5.11 Å². The summed E-state index contributed by atoms with van der Waals surface area (Å²) in [6.07, 6.45) is 1.52. The Hall–Kier alpha value is -1.35. The molecule has 3 heteroatoms. The fourth-order valence-electron chi connectivity index (χ4n) is 1.75. The third-order valence-corrected chi connectivity index (χ3v) is 2.81. The van der Waals surface area contributed by atoms with Gasteiger partial charge in [-0.05, 0) is 45.2 Å². The number of aryl methyl sites for hydroxylation is 2. The summed E-state index contributed by atoms with van der Waals surface area (Å²) < 4.78 is 0. The lowest BCUT2D eigenvalue weighted by Crippen LogP contribution is -2.33. The van der Waals surface area contributed by atoms with Gasteiger partial charge in [0.2, 0.25) is 0 Å².